The molecule has 2 rings (SSSR count). The Bertz CT molecular complexity index is 453. The number of rotatable bonds is 4. The van der Waals surface area contributed by atoms with E-state index in [0.29, 0.717) is 5.01 Å². The Kier molecular flexibility index (Phi) is 3.15. The molecule has 1 aliphatic carbocycles. The van der Waals surface area contributed by atoms with Crippen molar-refractivity contribution < 1.29 is 14.7 Å². The fraction of sp³-hybridized carbons (Fsp3) is 0.545. The highest BCUT2D eigenvalue weighted by atomic mass is 32.1. The molecular weight excluding hydrogens is 240 g/mol. The number of carbonyl (C=O) groups excluding carboxylic acids is 1. The van der Waals surface area contributed by atoms with Crippen molar-refractivity contribution in [3.05, 3.63) is 16.1 Å². The molecule has 1 amide bonds. The number of carbonyl (C=O) groups is 2. The quantitative estimate of drug-likeness (QED) is 0.885. The summed E-state index contributed by atoms with van der Waals surface area (Å²) >= 11 is 1.29. The summed E-state index contributed by atoms with van der Waals surface area (Å²) in [6, 6.07) is -0.864. The van der Waals surface area contributed by atoms with Gasteiger partial charge in [-0.05, 0) is 19.8 Å². The van der Waals surface area contributed by atoms with Crippen molar-refractivity contribution in [2.24, 2.45) is 0 Å². The zero-order valence-corrected chi connectivity index (χ0v) is 10.5. The molecule has 1 saturated carbocycles. The smallest absolute Gasteiger partial charge is 0.333 e. The third kappa shape index (κ3) is 2.46. The van der Waals surface area contributed by atoms with Gasteiger partial charge in [-0.15, -0.1) is 11.3 Å². The molecule has 92 valence electrons. The van der Waals surface area contributed by atoms with Crippen molar-refractivity contribution in [3.8, 4) is 0 Å². The third-order valence-corrected chi connectivity index (χ3v) is 3.70. The average Bonchev–Trinajstić information content (AvgIpc) is 2.97. The van der Waals surface area contributed by atoms with Crippen LogP contribution in [-0.4, -0.2) is 32.9 Å². The molecule has 0 saturated heterocycles. The average molecular weight is 254 g/mol. The number of aryl methyl sites for hydroxylation is 1. The summed E-state index contributed by atoms with van der Waals surface area (Å²) in [4.78, 5) is 28.6. The maximum atomic E-state index is 11.6. The minimum atomic E-state index is -1.01. The molecule has 0 aliphatic heterocycles. The van der Waals surface area contributed by atoms with E-state index < -0.39 is 12.0 Å². The van der Waals surface area contributed by atoms with Crippen LogP contribution >= 0.6 is 11.3 Å². The Balaban J connectivity index is 2.33. The van der Waals surface area contributed by atoms with E-state index in [1.165, 1.54) is 23.2 Å². The molecule has 1 fully saturated rings. The second kappa shape index (κ2) is 4.44. The summed E-state index contributed by atoms with van der Waals surface area (Å²) in [5.41, 5.74) is 0.788. The first-order valence-corrected chi connectivity index (χ1v) is 6.32. The van der Waals surface area contributed by atoms with Crippen LogP contribution in [-0.2, 0) is 9.59 Å². The van der Waals surface area contributed by atoms with E-state index in [9.17, 15) is 14.7 Å². The molecule has 1 aromatic rings. The lowest BCUT2D eigenvalue weighted by molar-refractivity contribution is -0.150. The Morgan fingerprint density at radius 3 is 2.59 bits per heavy atom. The summed E-state index contributed by atoms with van der Waals surface area (Å²) in [6.45, 7) is 3.23. The number of nitrogens with zero attached hydrogens (tertiary/aromatic N) is 2. The van der Waals surface area contributed by atoms with E-state index >= 15 is 0 Å². The zero-order valence-electron chi connectivity index (χ0n) is 9.71. The molecule has 1 N–H and O–H groups in total. The number of aromatic nitrogens is 1. The highest BCUT2D eigenvalue weighted by Crippen LogP contribution is 2.35. The molecule has 0 bridgehead atoms. The predicted molar refractivity (Wildman–Crippen MR) is 62.8 cm³/mol. The molecule has 1 heterocycles. The molecular formula is C11H14N2O3S. The number of thiazole rings is 1. The van der Waals surface area contributed by atoms with Crippen molar-refractivity contribution in [2.45, 2.75) is 38.8 Å². The molecule has 6 heteroatoms. The number of amides is 1. The van der Waals surface area contributed by atoms with E-state index in [4.69, 9.17) is 0 Å². The first-order chi connectivity index (χ1) is 8.00. The summed E-state index contributed by atoms with van der Waals surface area (Å²) < 4.78 is 0. The maximum Gasteiger partial charge on any atom is 0.333 e. The molecule has 1 aliphatic rings. The van der Waals surface area contributed by atoms with Gasteiger partial charge in [-0.2, -0.15) is 0 Å². The van der Waals surface area contributed by atoms with E-state index in [1.807, 2.05) is 6.92 Å². The van der Waals surface area contributed by atoms with Crippen LogP contribution in [0.2, 0.25) is 0 Å². The Hall–Kier alpha value is -1.43. The topological polar surface area (TPSA) is 70.5 Å². The fourth-order valence-corrected chi connectivity index (χ4v) is 2.73. The van der Waals surface area contributed by atoms with Crippen LogP contribution < -0.4 is 0 Å². The van der Waals surface area contributed by atoms with Gasteiger partial charge in [-0.1, -0.05) is 0 Å². The number of hydrogen-bond donors (Lipinski definition) is 1. The van der Waals surface area contributed by atoms with Gasteiger partial charge < -0.3 is 10.0 Å². The molecule has 1 unspecified atom stereocenters. The van der Waals surface area contributed by atoms with Crippen molar-refractivity contribution in [1.29, 1.82) is 0 Å². The van der Waals surface area contributed by atoms with Gasteiger partial charge in [0.15, 0.2) is 6.04 Å². The van der Waals surface area contributed by atoms with Crippen LogP contribution in [0.15, 0.2) is 5.38 Å². The number of carboxylic acid groups (broad SMARTS) is 1. The van der Waals surface area contributed by atoms with Crippen molar-refractivity contribution in [3.63, 3.8) is 0 Å². The standard InChI is InChI=1S/C11H14N2O3S/c1-6-5-17-10(12-6)9(11(15)16)13(7(2)14)8-3-4-8/h5,8-9H,3-4H2,1-2H3,(H,15,16). The summed E-state index contributed by atoms with van der Waals surface area (Å²) in [6.07, 6.45) is 1.77. The van der Waals surface area contributed by atoms with Crippen molar-refractivity contribution in [1.82, 2.24) is 9.88 Å². The van der Waals surface area contributed by atoms with Gasteiger partial charge in [0.05, 0.1) is 0 Å². The zero-order chi connectivity index (χ0) is 12.6. The molecule has 17 heavy (non-hydrogen) atoms. The van der Waals surface area contributed by atoms with Crippen LogP contribution in [0.1, 0.15) is 36.5 Å². The largest absolute Gasteiger partial charge is 0.479 e. The van der Waals surface area contributed by atoms with E-state index in [1.54, 1.807) is 5.38 Å². The third-order valence-electron chi connectivity index (χ3n) is 2.69. The molecule has 0 aromatic carbocycles. The van der Waals surface area contributed by atoms with Gasteiger partial charge in [0, 0.05) is 24.0 Å². The molecule has 1 atom stereocenters. The van der Waals surface area contributed by atoms with Gasteiger partial charge in [0.25, 0.3) is 0 Å². The summed E-state index contributed by atoms with van der Waals surface area (Å²) in [5.74, 6) is -1.21. The second-order valence-electron chi connectivity index (χ2n) is 4.23. The first-order valence-electron chi connectivity index (χ1n) is 5.44. The lowest BCUT2D eigenvalue weighted by Crippen LogP contribution is -2.39. The number of aliphatic carboxylic acids is 1. The summed E-state index contributed by atoms with van der Waals surface area (Å²) in [5, 5.41) is 11.6. The van der Waals surface area contributed by atoms with E-state index in [2.05, 4.69) is 4.98 Å². The first kappa shape index (κ1) is 12.0. The molecule has 1 aromatic heterocycles. The van der Waals surface area contributed by atoms with E-state index in [-0.39, 0.29) is 11.9 Å². The Morgan fingerprint density at radius 1 is 1.59 bits per heavy atom. The Labute approximate surface area is 103 Å². The van der Waals surface area contributed by atoms with Gasteiger partial charge in [0.2, 0.25) is 5.91 Å². The second-order valence-corrected chi connectivity index (χ2v) is 5.12. The monoisotopic (exact) mass is 254 g/mol. The van der Waals surface area contributed by atoms with Crippen LogP contribution in [0.4, 0.5) is 0 Å². The lowest BCUT2D eigenvalue weighted by Gasteiger charge is -2.26. The van der Waals surface area contributed by atoms with Crippen LogP contribution in [0.25, 0.3) is 0 Å². The molecule has 0 spiro atoms. The molecule has 0 radical (unpaired) electrons. The van der Waals surface area contributed by atoms with Gasteiger partial charge in [-0.25, -0.2) is 9.78 Å². The van der Waals surface area contributed by atoms with Gasteiger partial charge in [0.1, 0.15) is 5.01 Å². The lowest BCUT2D eigenvalue weighted by atomic mass is 10.2. The highest BCUT2D eigenvalue weighted by molar-refractivity contribution is 7.09. The summed E-state index contributed by atoms with van der Waals surface area (Å²) in [7, 11) is 0. The maximum absolute atomic E-state index is 11.6. The van der Waals surface area contributed by atoms with Crippen LogP contribution in [0.5, 0.6) is 0 Å². The number of carboxylic acids is 1. The number of hydrogen-bond acceptors (Lipinski definition) is 4. The molecule has 5 nitrogen and oxygen atoms in total. The van der Waals surface area contributed by atoms with Gasteiger partial charge >= 0.3 is 5.97 Å². The minimum absolute atomic E-state index is 0.0674. The van der Waals surface area contributed by atoms with Crippen molar-refractivity contribution in [2.75, 3.05) is 0 Å². The van der Waals surface area contributed by atoms with Gasteiger partial charge in [-0.3, -0.25) is 4.79 Å². The highest BCUT2D eigenvalue weighted by Gasteiger charge is 2.41. The van der Waals surface area contributed by atoms with Crippen LogP contribution in [0.3, 0.4) is 0 Å². The minimum Gasteiger partial charge on any atom is -0.479 e. The predicted octanol–water partition coefficient (Wildman–Crippen LogP) is 1.59. The van der Waals surface area contributed by atoms with Crippen molar-refractivity contribution >= 4 is 23.2 Å². The SMILES string of the molecule is CC(=O)N(C1CC1)C(C(=O)O)c1nc(C)cs1. The van der Waals surface area contributed by atoms with E-state index in [0.717, 1.165) is 18.5 Å². The van der Waals surface area contributed by atoms with Crippen LogP contribution in [0, 0.1) is 6.92 Å². The normalized spacial score (nSPS) is 16.6. The fourth-order valence-electron chi connectivity index (χ4n) is 1.84. The Morgan fingerprint density at radius 2 is 2.24 bits per heavy atom.